The SMILES string of the molecule is COCCOCCC1(CO)CCCOC1. The number of methoxy groups -OCH3 is 1. The van der Waals surface area contributed by atoms with Crippen molar-refractivity contribution < 1.29 is 19.3 Å². The third kappa shape index (κ3) is 4.47. The first-order valence-corrected chi connectivity index (χ1v) is 5.58. The molecule has 0 aromatic heterocycles. The Morgan fingerprint density at radius 2 is 2.20 bits per heavy atom. The molecule has 1 saturated heterocycles. The molecule has 1 atom stereocenters. The van der Waals surface area contributed by atoms with E-state index in [9.17, 15) is 5.11 Å². The molecule has 0 aromatic carbocycles. The van der Waals surface area contributed by atoms with E-state index in [-0.39, 0.29) is 12.0 Å². The molecular weight excluding hydrogens is 196 g/mol. The predicted octanol–water partition coefficient (Wildman–Crippen LogP) is 0.829. The van der Waals surface area contributed by atoms with E-state index in [1.54, 1.807) is 7.11 Å². The fourth-order valence-corrected chi connectivity index (χ4v) is 1.84. The van der Waals surface area contributed by atoms with Crippen LogP contribution in [0.15, 0.2) is 0 Å². The molecule has 1 aliphatic heterocycles. The van der Waals surface area contributed by atoms with Crippen molar-refractivity contribution in [1.29, 1.82) is 0 Å². The Morgan fingerprint density at radius 1 is 1.33 bits per heavy atom. The van der Waals surface area contributed by atoms with Crippen LogP contribution in [-0.4, -0.2) is 51.9 Å². The highest BCUT2D eigenvalue weighted by atomic mass is 16.5. The van der Waals surface area contributed by atoms with Crippen LogP contribution >= 0.6 is 0 Å². The molecule has 0 aliphatic carbocycles. The zero-order valence-corrected chi connectivity index (χ0v) is 9.54. The molecule has 1 aliphatic rings. The first-order chi connectivity index (χ1) is 7.33. The Morgan fingerprint density at radius 3 is 2.80 bits per heavy atom. The van der Waals surface area contributed by atoms with Gasteiger partial charge in [-0.15, -0.1) is 0 Å². The number of aliphatic hydroxyl groups excluding tert-OH is 1. The van der Waals surface area contributed by atoms with Gasteiger partial charge < -0.3 is 19.3 Å². The molecule has 4 heteroatoms. The van der Waals surface area contributed by atoms with Crippen LogP contribution in [0.1, 0.15) is 19.3 Å². The van der Waals surface area contributed by atoms with Gasteiger partial charge in [0.1, 0.15) is 0 Å². The van der Waals surface area contributed by atoms with E-state index < -0.39 is 0 Å². The van der Waals surface area contributed by atoms with E-state index in [1.807, 2.05) is 0 Å². The molecule has 0 bridgehead atoms. The van der Waals surface area contributed by atoms with E-state index in [1.165, 1.54) is 0 Å². The average Bonchev–Trinajstić information content (AvgIpc) is 2.30. The van der Waals surface area contributed by atoms with E-state index in [4.69, 9.17) is 14.2 Å². The van der Waals surface area contributed by atoms with Crippen LogP contribution in [0, 0.1) is 5.41 Å². The summed E-state index contributed by atoms with van der Waals surface area (Å²) in [6.07, 6.45) is 2.95. The van der Waals surface area contributed by atoms with Gasteiger partial charge >= 0.3 is 0 Å². The smallest absolute Gasteiger partial charge is 0.0700 e. The summed E-state index contributed by atoms with van der Waals surface area (Å²) in [5.41, 5.74) is -0.0642. The number of rotatable bonds is 7. The molecule has 1 fully saturated rings. The van der Waals surface area contributed by atoms with Crippen LogP contribution in [0.4, 0.5) is 0 Å². The van der Waals surface area contributed by atoms with Gasteiger partial charge in [-0.05, 0) is 19.3 Å². The summed E-state index contributed by atoms with van der Waals surface area (Å²) in [6.45, 7) is 3.61. The molecule has 0 saturated carbocycles. The molecule has 1 rings (SSSR count). The standard InChI is InChI=1S/C11H22O4/c1-13-7-8-14-6-4-11(9-12)3-2-5-15-10-11/h12H,2-10H2,1H3. The highest BCUT2D eigenvalue weighted by Gasteiger charge is 2.31. The minimum Gasteiger partial charge on any atom is -0.396 e. The van der Waals surface area contributed by atoms with Crippen LogP contribution in [0.5, 0.6) is 0 Å². The summed E-state index contributed by atoms with van der Waals surface area (Å²) in [7, 11) is 1.66. The average molecular weight is 218 g/mol. The molecule has 1 heterocycles. The highest BCUT2D eigenvalue weighted by Crippen LogP contribution is 2.31. The molecule has 0 radical (unpaired) electrons. The molecule has 0 aromatic rings. The molecular formula is C11H22O4. The maximum atomic E-state index is 9.38. The molecule has 0 spiro atoms. The minimum atomic E-state index is -0.0642. The Kier molecular flexibility index (Phi) is 6.17. The first kappa shape index (κ1) is 12.9. The Hall–Kier alpha value is -0.160. The van der Waals surface area contributed by atoms with Gasteiger partial charge in [0.15, 0.2) is 0 Å². The van der Waals surface area contributed by atoms with Crippen molar-refractivity contribution >= 4 is 0 Å². The number of hydrogen-bond donors (Lipinski definition) is 1. The van der Waals surface area contributed by atoms with Gasteiger partial charge in [-0.25, -0.2) is 0 Å². The Labute approximate surface area is 91.5 Å². The van der Waals surface area contributed by atoms with E-state index in [2.05, 4.69) is 0 Å². The Balaban J connectivity index is 2.15. The first-order valence-electron chi connectivity index (χ1n) is 5.58. The predicted molar refractivity (Wildman–Crippen MR) is 56.9 cm³/mol. The lowest BCUT2D eigenvalue weighted by atomic mass is 9.80. The lowest BCUT2D eigenvalue weighted by molar-refractivity contribution is -0.0575. The number of aliphatic hydroxyl groups is 1. The summed E-state index contributed by atoms with van der Waals surface area (Å²) >= 11 is 0. The fourth-order valence-electron chi connectivity index (χ4n) is 1.84. The van der Waals surface area contributed by atoms with Gasteiger partial charge in [-0.2, -0.15) is 0 Å². The largest absolute Gasteiger partial charge is 0.396 e. The molecule has 15 heavy (non-hydrogen) atoms. The second kappa shape index (κ2) is 7.17. The zero-order chi connectivity index (χ0) is 11.0. The van der Waals surface area contributed by atoms with E-state index in [0.29, 0.717) is 26.4 Å². The van der Waals surface area contributed by atoms with Crippen LogP contribution in [0.2, 0.25) is 0 Å². The van der Waals surface area contributed by atoms with Gasteiger partial charge in [0.2, 0.25) is 0 Å². The van der Waals surface area contributed by atoms with E-state index >= 15 is 0 Å². The van der Waals surface area contributed by atoms with Crippen molar-refractivity contribution in [2.75, 3.05) is 46.8 Å². The van der Waals surface area contributed by atoms with Gasteiger partial charge in [0.25, 0.3) is 0 Å². The lowest BCUT2D eigenvalue weighted by Crippen LogP contribution is -2.36. The van der Waals surface area contributed by atoms with Gasteiger partial charge in [-0.3, -0.25) is 0 Å². The highest BCUT2D eigenvalue weighted by molar-refractivity contribution is 4.80. The van der Waals surface area contributed by atoms with Crippen LogP contribution < -0.4 is 0 Å². The van der Waals surface area contributed by atoms with Crippen molar-refractivity contribution in [3.05, 3.63) is 0 Å². The van der Waals surface area contributed by atoms with Crippen molar-refractivity contribution in [3.8, 4) is 0 Å². The number of hydrogen-bond acceptors (Lipinski definition) is 4. The van der Waals surface area contributed by atoms with Crippen LogP contribution in [-0.2, 0) is 14.2 Å². The van der Waals surface area contributed by atoms with Crippen molar-refractivity contribution in [3.63, 3.8) is 0 Å². The fraction of sp³-hybridized carbons (Fsp3) is 1.00. The second-order valence-electron chi connectivity index (χ2n) is 4.17. The molecule has 1 N–H and O–H groups in total. The topological polar surface area (TPSA) is 47.9 Å². The third-order valence-corrected chi connectivity index (χ3v) is 2.95. The molecule has 0 amide bonds. The third-order valence-electron chi connectivity index (χ3n) is 2.95. The maximum absolute atomic E-state index is 9.38. The Bertz CT molecular complexity index is 155. The number of ether oxygens (including phenoxy) is 3. The molecule has 4 nitrogen and oxygen atoms in total. The minimum absolute atomic E-state index is 0.0642. The lowest BCUT2D eigenvalue weighted by Gasteiger charge is -2.35. The quantitative estimate of drug-likeness (QED) is 0.643. The van der Waals surface area contributed by atoms with Gasteiger partial charge in [0, 0.05) is 25.7 Å². The van der Waals surface area contributed by atoms with Crippen molar-refractivity contribution in [1.82, 2.24) is 0 Å². The van der Waals surface area contributed by atoms with Gasteiger partial charge in [0.05, 0.1) is 26.4 Å². The monoisotopic (exact) mass is 218 g/mol. The zero-order valence-electron chi connectivity index (χ0n) is 9.54. The van der Waals surface area contributed by atoms with Crippen molar-refractivity contribution in [2.45, 2.75) is 19.3 Å². The molecule has 1 unspecified atom stereocenters. The van der Waals surface area contributed by atoms with Crippen LogP contribution in [0.3, 0.4) is 0 Å². The summed E-state index contributed by atoms with van der Waals surface area (Å²) in [6, 6.07) is 0. The van der Waals surface area contributed by atoms with Gasteiger partial charge in [-0.1, -0.05) is 0 Å². The summed E-state index contributed by atoms with van der Waals surface area (Å²) < 4.78 is 15.7. The summed E-state index contributed by atoms with van der Waals surface area (Å²) in [5.74, 6) is 0. The maximum Gasteiger partial charge on any atom is 0.0700 e. The normalized spacial score (nSPS) is 26.8. The second-order valence-corrected chi connectivity index (χ2v) is 4.17. The van der Waals surface area contributed by atoms with Crippen molar-refractivity contribution in [2.24, 2.45) is 5.41 Å². The summed E-state index contributed by atoms with van der Waals surface area (Å²) in [5, 5.41) is 9.38. The summed E-state index contributed by atoms with van der Waals surface area (Å²) in [4.78, 5) is 0. The van der Waals surface area contributed by atoms with Crippen LogP contribution in [0.25, 0.3) is 0 Å². The van der Waals surface area contributed by atoms with E-state index in [0.717, 1.165) is 25.9 Å². The molecule has 90 valence electrons.